The second-order valence-electron chi connectivity index (χ2n) is 13.0. The van der Waals surface area contributed by atoms with Gasteiger partial charge in [0.1, 0.15) is 11.5 Å². The van der Waals surface area contributed by atoms with Crippen molar-refractivity contribution >= 4 is 11.9 Å². The topological polar surface area (TPSA) is 30.8 Å². The quantitative estimate of drug-likeness (QED) is 0.0630. The fourth-order valence-electron chi connectivity index (χ4n) is 5.15. The highest BCUT2D eigenvalue weighted by Crippen LogP contribution is 2.20. The molecule has 0 radical (unpaired) electrons. The minimum atomic E-state index is 0.796. The van der Waals surface area contributed by atoms with Crippen LogP contribution in [0.3, 0.4) is 0 Å². The maximum Gasteiger partial charge on any atom is 0.119 e. The number of hydrogen-bond acceptors (Lipinski definition) is 3. The lowest BCUT2D eigenvalue weighted by Crippen LogP contribution is -2.35. The first-order valence-corrected chi connectivity index (χ1v) is 17.3. The van der Waals surface area contributed by atoms with Crippen molar-refractivity contribution in [1.29, 1.82) is 0 Å². The SMILES string of the molecule is CCCCCCCCCCOc1ccc(N=Cc2ccc(OCCCCCCCCCCCC[N+](C)(C)C)cc2)cc1. The van der Waals surface area contributed by atoms with Crippen LogP contribution in [-0.2, 0) is 0 Å². The van der Waals surface area contributed by atoms with E-state index in [0.717, 1.165) is 53.3 Å². The third-order valence-corrected chi connectivity index (χ3v) is 7.84. The summed E-state index contributed by atoms with van der Waals surface area (Å²) in [7, 11) is 6.86. The predicted molar refractivity (Wildman–Crippen MR) is 183 cm³/mol. The lowest BCUT2D eigenvalue weighted by molar-refractivity contribution is -0.870. The Kier molecular flexibility index (Phi) is 19.8. The Hall–Kier alpha value is -2.33. The van der Waals surface area contributed by atoms with Crippen molar-refractivity contribution in [1.82, 2.24) is 0 Å². The van der Waals surface area contributed by atoms with E-state index in [4.69, 9.17) is 9.47 Å². The van der Waals surface area contributed by atoms with Crippen LogP contribution in [0.1, 0.15) is 128 Å². The summed E-state index contributed by atoms with van der Waals surface area (Å²) in [5, 5.41) is 0. The summed E-state index contributed by atoms with van der Waals surface area (Å²) in [5.41, 5.74) is 2.01. The molecule has 0 aliphatic heterocycles. The molecule has 2 aromatic carbocycles. The number of benzene rings is 2. The van der Waals surface area contributed by atoms with E-state index in [1.165, 1.54) is 109 Å². The molecule has 4 heteroatoms. The fraction of sp³-hybridized carbons (Fsp3) is 0.658. The zero-order valence-corrected chi connectivity index (χ0v) is 27.8. The van der Waals surface area contributed by atoms with Crippen LogP contribution in [-0.4, -0.2) is 51.6 Å². The van der Waals surface area contributed by atoms with Crippen molar-refractivity contribution in [2.45, 2.75) is 122 Å². The summed E-state index contributed by atoms with van der Waals surface area (Å²) in [6.45, 7) is 5.16. The maximum atomic E-state index is 5.96. The number of rotatable bonds is 26. The predicted octanol–water partition coefficient (Wildman–Crippen LogP) is 10.9. The van der Waals surface area contributed by atoms with E-state index in [-0.39, 0.29) is 0 Å². The third-order valence-electron chi connectivity index (χ3n) is 7.84. The van der Waals surface area contributed by atoms with Gasteiger partial charge in [0.05, 0.1) is 46.6 Å². The molecule has 4 nitrogen and oxygen atoms in total. The van der Waals surface area contributed by atoms with Crippen LogP contribution >= 0.6 is 0 Å². The van der Waals surface area contributed by atoms with Gasteiger partial charge in [-0.05, 0) is 79.8 Å². The highest BCUT2D eigenvalue weighted by Gasteiger charge is 2.05. The first-order valence-electron chi connectivity index (χ1n) is 17.3. The maximum absolute atomic E-state index is 5.96. The van der Waals surface area contributed by atoms with Gasteiger partial charge in [-0.25, -0.2) is 0 Å². The summed E-state index contributed by atoms with van der Waals surface area (Å²) in [4.78, 5) is 4.62. The van der Waals surface area contributed by atoms with Gasteiger partial charge in [-0.15, -0.1) is 0 Å². The van der Waals surface area contributed by atoms with Crippen LogP contribution in [0, 0.1) is 0 Å². The molecular formula is C38H63N2O2+. The van der Waals surface area contributed by atoms with Crippen molar-refractivity contribution in [3.8, 4) is 11.5 Å². The molecule has 0 aliphatic carbocycles. The van der Waals surface area contributed by atoms with Crippen molar-refractivity contribution in [2.75, 3.05) is 40.9 Å². The second kappa shape index (κ2) is 23.2. The van der Waals surface area contributed by atoms with Gasteiger partial charge in [-0.3, -0.25) is 4.99 Å². The third kappa shape index (κ3) is 19.7. The van der Waals surface area contributed by atoms with Gasteiger partial charge in [0.2, 0.25) is 0 Å². The van der Waals surface area contributed by atoms with E-state index in [0.29, 0.717) is 0 Å². The van der Waals surface area contributed by atoms with E-state index in [2.05, 4.69) is 45.2 Å². The molecule has 0 fully saturated rings. The Morgan fingerprint density at radius 1 is 0.524 bits per heavy atom. The molecule has 0 aromatic heterocycles. The largest absolute Gasteiger partial charge is 0.494 e. The van der Waals surface area contributed by atoms with E-state index in [1.807, 2.05) is 42.6 Å². The van der Waals surface area contributed by atoms with Crippen LogP contribution in [0.25, 0.3) is 0 Å². The first-order chi connectivity index (χ1) is 20.5. The minimum Gasteiger partial charge on any atom is -0.494 e. The van der Waals surface area contributed by atoms with E-state index >= 15 is 0 Å². The molecule has 0 heterocycles. The number of aliphatic imine (C=N–C) groups is 1. The summed E-state index contributed by atoms with van der Waals surface area (Å²) >= 11 is 0. The van der Waals surface area contributed by atoms with Crippen LogP contribution in [0.5, 0.6) is 11.5 Å². The number of nitrogens with zero attached hydrogens (tertiary/aromatic N) is 2. The molecular weight excluding hydrogens is 516 g/mol. The summed E-state index contributed by atoms with van der Waals surface area (Å²) < 4.78 is 13.0. The number of quaternary nitrogens is 1. The second-order valence-corrected chi connectivity index (χ2v) is 13.0. The summed E-state index contributed by atoms with van der Waals surface area (Å²) in [5.74, 6) is 1.87. The van der Waals surface area contributed by atoms with Crippen LogP contribution < -0.4 is 9.47 Å². The van der Waals surface area contributed by atoms with Gasteiger partial charge >= 0.3 is 0 Å². The van der Waals surface area contributed by atoms with Gasteiger partial charge in [0.25, 0.3) is 0 Å². The van der Waals surface area contributed by atoms with Gasteiger partial charge in [0.15, 0.2) is 0 Å². The highest BCUT2D eigenvalue weighted by molar-refractivity contribution is 5.82. The van der Waals surface area contributed by atoms with E-state index in [9.17, 15) is 0 Å². The molecule has 0 bridgehead atoms. The molecule has 0 unspecified atom stereocenters. The zero-order chi connectivity index (χ0) is 30.1. The monoisotopic (exact) mass is 579 g/mol. The first kappa shape index (κ1) is 35.9. The smallest absolute Gasteiger partial charge is 0.119 e. The molecule has 0 saturated heterocycles. The Morgan fingerprint density at radius 2 is 0.929 bits per heavy atom. The molecule has 0 saturated carbocycles. The minimum absolute atomic E-state index is 0.796. The van der Waals surface area contributed by atoms with Crippen LogP contribution in [0.4, 0.5) is 5.69 Å². The number of unbranched alkanes of at least 4 members (excludes halogenated alkanes) is 16. The summed E-state index contributed by atoms with van der Waals surface area (Å²) in [6.07, 6.45) is 25.9. The molecule has 2 rings (SSSR count). The molecule has 0 N–H and O–H groups in total. The molecule has 0 aliphatic rings. The Balaban J connectivity index is 1.48. The molecule has 2 aromatic rings. The normalized spacial score (nSPS) is 11.8. The van der Waals surface area contributed by atoms with Gasteiger partial charge < -0.3 is 14.0 Å². The fourth-order valence-corrected chi connectivity index (χ4v) is 5.15. The zero-order valence-electron chi connectivity index (χ0n) is 27.8. The van der Waals surface area contributed by atoms with Gasteiger partial charge in [-0.1, -0.05) is 96.8 Å². The Bertz CT molecular complexity index is 916. The average Bonchev–Trinajstić information content (AvgIpc) is 2.98. The molecule has 0 spiro atoms. The lowest BCUT2D eigenvalue weighted by Gasteiger charge is -2.23. The van der Waals surface area contributed by atoms with Gasteiger partial charge in [-0.2, -0.15) is 0 Å². The van der Waals surface area contributed by atoms with Crippen molar-refractivity contribution < 1.29 is 14.0 Å². The molecule has 42 heavy (non-hydrogen) atoms. The highest BCUT2D eigenvalue weighted by atomic mass is 16.5. The Labute approximate surface area is 259 Å². The molecule has 0 amide bonds. The number of ether oxygens (including phenoxy) is 2. The van der Waals surface area contributed by atoms with Crippen molar-refractivity contribution in [2.24, 2.45) is 4.99 Å². The number of hydrogen-bond donors (Lipinski definition) is 0. The van der Waals surface area contributed by atoms with Crippen LogP contribution in [0.2, 0.25) is 0 Å². The molecule has 236 valence electrons. The summed E-state index contributed by atoms with van der Waals surface area (Å²) in [6, 6.07) is 16.3. The standard InChI is InChI=1S/C38H63N2O2/c1-5-6-7-8-9-15-18-22-33-42-38-29-25-36(26-30-38)39-34-35-23-27-37(28-24-35)41-32-21-19-16-13-11-10-12-14-17-20-31-40(2,3)4/h23-30,34H,5-22,31-33H2,1-4H3/q+1. The lowest BCUT2D eigenvalue weighted by atomic mass is 10.1. The average molecular weight is 580 g/mol. The van der Waals surface area contributed by atoms with E-state index < -0.39 is 0 Å². The van der Waals surface area contributed by atoms with Crippen LogP contribution in [0.15, 0.2) is 53.5 Å². The van der Waals surface area contributed by atoms with Crippen molar-refractivity contribution in [3.05, 3.63) is 54.1 Å². The van der Waals surface area contributed by atoms with Gasteiger partial charge in [0, 0.05) is 6.21 Å². The Morgan fingerprint density at radius 3 is 1.38 bits per heavy atom. The van der Waals surface area contributed by atoms with Crippen molar-refractivity contribution in [3.63, 3.8) is 0 Å². The van der Waals surface area contributed by atoms with E-state index in [1.54, 1.807) is 0 Å². The molecule has 0 atom stereocenters.